The monoisotopic (exact) mass is 254 g/mol. The highest BCUT2D eigenvalue weighted by Crippen LogP contribution is 2.16. The van der Waals surface area contributed by atoms with E-state index in [2.05, 4.69) is 18.9 Å². The molecule has 0 aromatic heterocycles. The molecule has 0 N–H and O–H groups in total. The number of carbonyl (C=O) groups is 1. The lowest BCUT2D eigenvalue weighted by molar-refractivity contribution is -0.130. The van der Waals surface area contributed by atoms with Crippen molar-refractivity contribution >= 4 is 5.91 Å². The van der Waals surface area contributed by atoms with E-state index in [0.717, 1.165) is 45.6 Å². The van der Waals surface area contributed by atoms with Crippen LogP contribution < -0.4 is 0 Å². The van der Waals surface area contributed by atoms with Crippen molar-refractivity contribution in [3.63, 3.8) is 0 Å². The maximum Gasteiger partial charge on any atom is 0.222 e. The summed E-state index contributed by atoms with van der Waals surface area (Å²) in [6, 6.07) is 1.14. The van der Waals surface area contributed by atoms with E-state index in [0.29, 0.717) is 18.0 Å². The van der Waals surface area contributed by atoms with Crippen molar-refractivity contribution in [1.82, 2.24) is 9.80 Å². The summed E-state index contributed by atoms with van der Waals surface area (Å²) in [5.74, 6) is 0.356. The molecule has 1 atom stereocenters. The normalized spacial score (nSPS) is 22.3. The summed E-state index contributed by atoms with van der Waals surface area (Å²) in [4.78, 5) is 16.3. The fraction of sp³-hybridized carbons (Fsp3) is 0.929. The van der Waals surface area contributed by atoms with Crippen LogP contribution in [0.3, 0.4) is 0 Å². The zero-order chi connectivity index (χ0) is 13.0. The number of ether oxygens (including phenoxy) is 1. The molecule has 2 aliphatic heterocycles. The Hall–Kier alpha value is -0.610. The smallest absolute Gasteiger partial charge is 0.222 e. The first-order valence-electron chi connectivity index (χ1n) is 7.26. The van der Waals surface area contributed by atoms with E-state index in [1.54, 1.807) is 0 Å². The van der Waals surface area contributed by atoms with Crippen LogP contribution in [-0.2, 0) is 9.53 Å². The van der Waals surface area contributed by atoms with Gasteiger partial charge < -0.3 is 9.64 Å². The number of carbonyl (C=O) groups excluding carboxylic acids is 1. The minimum absolute atomic E-state index is 0.356. The first-order chi connectivity index (χ1) is 8.68. The van der Waals surface area contributed by atoms with Gasteiger partial charge in [-0.3, -0.25) is 9.69 Å². The van der Waals surface area contributed by atoms with Crippen LogP contribution in [-0.4, -0.2) is 61.1 Å². The molecule has 2 saturated heterocycles. The number of likely N-dealkylation sites (tertiary alicyclic amines) is 1. The topological polar surface area (TPSA) is 32.8 Å². The Labute approximate surface area is 110 Å². The molecule has 4 heteroatoms. The molecule has 1 unspecified atom stereocenters. The second-order valence-corrected chi connectivity index (χ2v) is 5.69. The summed E-state index contributed by atoms with van der Waals surface area (Å²) in [7, 11) is 2.17. The van der Waals surface area contributed by atoms with E-state index in [1.165, 1.54) is 12.8 Å². The van der Waals surface area contributed by atoms with E-state index in [-0.39, 0.29) is 0 Å². The highest BCUT2D eigenvalue weighted by Gasteiger charge is 2.26. The lowest BCUT2D eigenvalue weighted by Crippen LogP contribution is -2.50. The molecule has 1 amide bonds. The molecule has 0 bridgehead atoms. The van der Waals surface area contributed by atoms with E-state index in [9.17, 15) is 4.79 Å². The molecule has 104 valence electrons. The van der Waals surface area contributed by atoms with Crippen LogP contribution in [0.1, 0.15) is 39.0 Å². The second-order valence-electron chi connectivity index (χ2n) is 5.69. The van der Waals surface area contributed by atoms with Gasteiger partial charge in [0.05, 0.1) is 19.3 Å². The van der Waals surface area contributed by atoms with Crippen LogP contribution in [0.5, 0.6) is 0 Å². The molecule has 0 saturated carbocycles. The molecule has 0 aromatic rings. The van der Waals surface area contributed by atoms with Gasteiger partial charge in [-0.25, -0.2) is 0 Å². The van der Waals surface area contributed by atoms with E-state index in [4.69, 9.17) is 4.74 Å². The zero-order valence-corrected chi connectivity index (χ0v) is 11.7. The van der Waals surface area contributed by atoms with Gasteiger partial charge in [0.25, 0.3) is 0 Å². The van der Waals surface area contributed by atoms with Crippen LogP contribution in [0, 0.1) is 0 Å². The fourth-order valence-corrected chi connectivity index (χ4v) is 2.70. The first-order valence-corrected chi connectivity index (χ1v) is 7.26. The Morgan fingerprint density at radius 3 is 2.61 bits per heavy atom. The number of rotatable bonds is 6. The van der Waals surface area contributed by atoms with Gasteiger partial charge in [0.2, 0.25) is 5.91 Å². The Bertz CT molecular complexity index is 273. The zero-order valence-electron chi connectivity index (χ0n) is 11.7. The van der Waals surface area contributed by atoms with E-state index >= 15 is 0 Å². The summed E-state index contributed by atoms with van der Waals surface area (Å²) in [6.45, 7) is 5.95. The number of hydrogen-bond donors (Lipinski definition) is 0. The van der Waals surface area contributed by atoms with Crippen LogP contribution in [0.15, 0.2) is 0 Å². The van der Waals surface area contributed by atoms with Gasteiger partial charge in [-0.15, -0.1) is 0 Å². The number of nitrogens with zero attached hydrogens (tertiary/aromatic N) is 2. The summed E-state index contributed by atoms with van der Waals surface area (Å²) in [5, 5.41) is 0. The lowest BCUT2D eigenvalue weighted by Gasteiger charge is -2.38. The Morgan fingerprint density at radius 1 is 1.39 bits per heavy atom. The minimum atomic E-state index is 0.356. The third-order valence-corrected chi connectivity index (χ3v) is 4.36. The first kappa shape index (κ1) is 13.8. The standard InChI is InChI=1S/C14H26N2O2/c1-12(15(2)13-10-18-11-13)6-5-7-14(17)16-8-3-4-9-16/h12-13H,3-11H2,1-2H3. The third kappa shape index (κ3) is 3.45. The Morgan fingerprint density at radius 2 is 2.06 bits per heavy atom. The van der Waals surface area contributed by atoms with Crippen molar-refractivity contribution < 1.29 is 9.53 Å². The molecule has 0 spiro atoms. The molecule has 0 aliphatic carbocycles. The Kier molecular flexibility index (Phi) is 5.01. The summed E-state index contributed by atoms with van der Waals surface area (Å²) in [6.07, 6.45) is 5.21. The molecule has 2 heterocycles. The highest BCUT2D eigenvalue weighted by atomic mass is 16.5. The molecule has 0 aromatic carbocycles. The Balaban J connectivity index is 1.60. The summed E-state index contributed by atoms with van der Waals surface area (Å²) in [5.41, 5.74) is 0. The van der Waals surface area contributed by atoms with Crippen molar-refractivity contribution in [3.05, 3.63) is 0 Å². The molecular formula is C14H26N2O2. The van der Waals surface area contributed by atoms with Crippen LogP contribution in [0.25, 0.3) is 0 Å². The quantitative estimate of drug-likeness (QED) is 0.720. The average molecular weight is 254 g/mol. The van der Waals surface area contributed by atoms with Gasteiger partial charge in [0.15, 0.2) is 0 Å². The molecule has 2 rings (SSSR count). The number of likely N-dealkylation sites (N-methyl/N-ethyl adjacent to an activating group) is 1. The molecule has 18 heavy (non-hydrogen) atoms. The SMILES string of the molecule is CC(CCCC(=O)N1CCCC1)N(C)C1COC1. The minimum Gasteiger partial charge on any atom is -0.378 e. The van der Waals surface area contributed by atoms with Crippen molar-refractivity contribution in [2.45, 2.75) is 51.1 Å². The van der Waals surface area contributed by atoms with Crippen LogP contribution >= 0.6 is 0 Å². The van der Waals surface area contributed by atoms with Crippen LogP contribution in [0.4, 0.5) is 0 Å². The molecular weight excluding hydrogens is 228 g/mol. The van der Waals surface area contributed by atoms with E-state index < -0.39 is 0 Å². The van der Waals surface area contributed by atoms with Gasteiger partial charge in [0, 0.05) is 25.6 Å². The fourth-order valence-electron chi connectivity index (χ4n) is 2.70. The van der Waals surface area contributed by atoms with Crippen molar-refractivity contribution in [1.29, 1.82) is 0 Å². The average Bonchev–Trinajstić information content (AvgIpc) is 2.79. The van der Waals surface area contributed by atoms with Crippen molar-refractivity contribution in [3.8, 4) is 0 Å². The van der Waals surface area contributed by atoms with Gasteiger partial charge in [-0.2, -0.15) is 0 Å². The molecule has 2 aliphatic rings. The predicted molar refractivity (Wildman–Crippen MR) is 71.5 cm³/mol. The maximum absolute atomic E-state index is 11.9. The van der Waals surface area contributed by atoms with Gasteiger partial charge in [-0.1, -0.05) is 0 Å². The summed E-state index contributed by atoms with van der Waals surface area (Å²) < 4.78 is 5.21. The highest BCUT2D eigenvalue weighted by molar-refractivity contribution is 5.76. The molecule has 4 nitrogen and oxygen atoms in total. The number of hydrogen-bond acceptors (Lipinski definition) is 3. The third-order valence-electron chi connectivity index (χ3n) is 4.36. The van der Waals surface area contributed by atoms with Gasteiger partial charge >= 0.3 is 0 Å². The maximum atomic E-state index is 11.9. The molecule has 0 radical (unpaired) electrons. The van der Waals surface area contributed by atoms with Gasteiger partial charge in [-0.05, 0) is 39.7 Å². The van der Waals surface area contributed by atoms with Crippen molar-refractivity contribution in [2.75, 3.05) is 33.4 Å². The number of amides is 1. The van der Waals surface area contributed by atoms with Crippen molar-refractivity contribution in [2.24, 2.45) is 0 Å². The van der Waals surface area contributed by atoms with E-state index in [1.807, 2.05) is 4.90 Å². The van der Waals surface area contributed by atoms with Gasteiger partial charge in [0.1, 0.15) is 0 Å². The lowest BCUT2D eigenvalue weighted by atomic mass is 10.1. The second kappa shape index (κ2) is 6.53. The summed E-state index contributed by atoms with van der Waals surface area (Å²) >= 11 is 0. The largest absolute Gasteiger partial charge is 0.378 e. The molecule has 2 fully saturated rings. The predicted octanol–water partition coefficient (Wildman–Crippen LogP) is 1.50. The van der Waals surface area contributed by atoms with Crippen LogP contribution in [0.2, 0.25) is 0 Å².